The summed E-state index contributed by atoms with van der Waals surface area (Å²) in [4.78, 5) is 12.9. The van der Waals surface area contributed by atoms with E-state index in [4.69, 9.17) is 9.84 Å². The van der Waals surface area contributed by atoms with Crippen LogP contribution in [0.25, 0.3) is 11.1 Å². The molecule has 0 saturated carbocycles. The summed E-state index contributed by atoms with van der Waals surface area (Å²) in [5, 5.41) is 43.9. The zero-order valence-electron chi connectivity index (χ0n) is 16.4. The Bertz CT molecular complexity index is 1040. The van der Waals surface area contributed by atoms with E-state index in [2.05, 4.69) is 5.32 Å². The number of anilines is 1. The summed E-state index contributed by atoms with van der Waals surface area (Å²) in [5.41, 5.74) is -1.11. The third-order valence-corrected chi connectivity index (χ3v) is 6.43. The minimum Gasteiger partial charge on any atom is -0.394 e. The van der Waals surface area contributed by atoms with E-state index in [1.165, 1.54) is 24.3 Å². The largest absolute Gasteiger partial charge is 0.417 e. The zero-order chi connectivity index (χ0) is 23.2. The number of thiophene rings is 1. The number of fused-ring (bicyclic) bond motifs is 1. The first-order chi connectivity index (χ1) is 15.1. The number of benzene rings is 1. The molecular formula is C21H20F3NO6S. The second kappa shape index (κ2) is 8.58. The van der Waals surface area contributed by atoms with Crippen molar-refractivity contribution >= 4 is 34.0 Å². The van der Waals surface area contributed by atoms with Crippen molar-refractivity contribution in [2.24, 2.45) is 0 Å². The average Bonchev–Trinajstić information content (AvgIpc) is 3.26. The molecule has 1 saturated heterocycles. The molecule has 11 heteroatoms. The van der Waals surface area contributed by atoms with Crippen LogP contribution in [0.1, 0.15) is 16.0 Å². The van der Waals surface area contributed by atoms with Crippen LogP contribution in [0.5, 0.6) is 0 Å². The lowest BCUT2D eigenvalue weighted by molar-refractivity contribution is -0.245. The van der Waals surface area contributed by atoms with E-state index >= 15 is 0 Å². The average molecular weight is 471 g/mol. The number of alkyl halides is 3. The molecule has 3 unspecified atom stereocenters. The van der Waals surface area contributed by atoms with Crippen molar-refractivity contribution in [1.82, 2.24) is 0 Å². The van der Waals surface area contributed by atoms with Crippen LogP contribution >= 0.6 is 11.3 Å². The molecule has 0 bridgehead atoms. The molecule has 7 nitrogen and oxygen atoms in total. The predicted molar refractivity (Wildman–Crippen MR) is 110 cm³/mol. The number of carbonyl (C=O) groups excluding carboxylic acids is 1. The topological polar surface area (TPSA) is 119 Å². The summed E-state index contributed by atoms with van der Waals surface area (Å²) in [5.74, 6) is -0.660. The first kappa shape index (κ1) is 22.9. The third-order valence-electron chi connectivity index (χ3n) is 5.54. The first-order valence-electron chi connectivity index (χ1n) is 9.70. The Kier molecular flexibility index (Phi) is 6.14. The van der Waals surface area contributed by atoms with Crippen LogP contribution in [-0.2, 0) is 16.0 Å². The van der Waals surface area contributed by atoms with Crippen molar-refractivity contribution < 1.29 is 43.1 Å². The highest BCUT2D eigenvalue weighted by Gasteiger charge is 2.45. The predicted octanol–water partition coefficient (Wildman–Crippen LogP) is 1.56. The van der Waals surface area contributed by atoms with Crippen LogP contribution in [0.4, 0.5) is 18.9 Å². The van der Waals surface area contributed by atoms with Gasteiger partial charge in [-0.05, 0) is 34.7 Å². The van der Waals surface area contributed by atoms with E-state index in [-0.39, 0.29) is 33.7 Å². The van der Waals surface area contributed by atoms with Crippen LogP contribution in [0, 0.1) is 0 Å². The van der Waals surface area contributed by atoms with Gasteiger partial charge in [0.2, 0.25) is 0 Å². The van der Waals surface area contributed by atoms with Crippen LogP contribution in [-0.4, -0.2) is 69.6 Å². The molecule has 0 radical (unpaired) electrons. The fraction of sp³-hybridized carbons (Fsp3) is 0.381. The number of ketones is 1. The summed E-state index contributed by atoms with van der Waals surface area (Å²) >= 11 is 1.05. The second-order valence-electron chi connectivity index (χ2n) is 7.60. The molecule has 1 aliphatic heterocycles. The van der Waals surface area contributed by atoms with Crippen molar-refractivity contribution in [3.05, 3.63) is 51.7 Å². The molecule has 1 aliphatic carbocycles. The molecule has 32 heavy (non-hydrogen) atoms. The lowest BCUT2D eigenvalue weighted by Crippen LogP contribution is -2.61. The molecule has 2 aromatic rings. The Hall–Kier alpha value is -2.28. The molecule has 2 heterocycles. The number of rotatable bonds is 4. The standard InChI is InChI=1S/C21H20F3NO6S/c22-21(23,24)16-11-4-3-10(25-17-19(29)18(28)13(8-26)31-20(17)30)6-9(11)7-12(27)15(16)14-2-1-5-32-14/h1-6,13,17-20,25-26,28-30H,7-8H2/t13?,17?,18-,19-,20?/m1/s1. The quantitative estimate of drug-likeness (QED) is 0.459. The van der Waals surface area contributed by atoms with Gasteiger partial charge in [0.1, 0.15) is 24.4 Å². The fourth-order valence-electron chi connectivity index (χ4n) is 4.03. The SMILES string of the molecule is O=C1Cc2cc(NC3C(O)OC(CO)[C@@H](O)[C@@H]3O)ccc2C(C(F)(F)F)=C1c1cccs1. The zero-order valence-corrected chi connectivity index (χ0v) is 17.2. The van der Waals surface area contributed by atoms with Crippen LogP contribution in [0.15, 0.2) is 35.7 Å². The van der Waals surface area contributed by atoms with Gasteiger partial charge in [-0.3, -0.25) is 4.79 Å². The van der Waals surface area contributed by atoms with Gasteiger partial charge in [-0.25, -0.2) is 0 Å². The molecule has 172 valence electrons. The lowest BCUT2D eigenvalue weighted by atomic mass is 9.83. The summed E-state index contributed by atoms with van der Waals surface area (Å²) < 4.78 is 47.0. The van der Waals surface area contributed by atoms with E-state index in [9.17, 15) is 33.3 Å². The van der Waals surface area contributed by atoms with Crippen molar-refractivity contribution in [3.63, 3.8) is 0 Å². The summed E-state index contributed by atoms with van der Waals surface area (Å²) in [7, 11) is 0. The first-order valence-corrected chi connectivity index (χ1v) is 10.6. The van der Waals surface area contributed by atoms with Gasteiger partial charge in [0.05, 0.1) is 12.2 Å². The maximum absolute atomic E-state index is 14.0. The number of aliphatic hydroxyl groups is 4. The molecule has 2 aliphatic rings. The van der Waals surface area contributed by atoms with Crippen molar-refractivity contribution in [3.8, 4) is 0 Å². The van der Waals surface area contributed by atoms with Gasteiger partial charge in [-0.1, -0.05) is 12.1 Å². The van der Waals surface area contributed by atoms with Gasteiger partial charge in [-0.2, -0.15) is 13.2 Å². The molecule has 1 aromatic heterocycles. The Balaban J connectivity index is 1.69. The van der Waals surface area contributed by atoms with Crippen LogP contribution in [0.3, 0.4) is 0 Å². The Morgan fingerprint density at radius 1 is 1.16 bits per heavy atom. The maximum atomic E-state index is 14.0. The van der Waals surface area contributed by atoms with Crippen molar-refractivity contribution in [2.45, 2.75) is 43.2 Å². The van der Waals surface area contributed by atoms with Gasteiger partial charge >= 0.3 is 6.18 Å². The van der Waals surface area contributed by atoms with Crippen LogP contribution in [0.2, 0.25) is 0 Å². The summed E-state index contributed by atoms with van der Waals surface area (Å²) in [6.45, 7) is -0.623. The normalized spacial score (nSPS) is 28.6. The fourth-order valence-corrected chi connectivity index (χ4v) is 4.82. The number of aliphatic hydroxyl groups excluding tert-OH is 4. The van der Waals surface area contributed by atoms with E-state index in [0.29, 0.717) is 0 Å². The number of halogens is 3. The highest BCUT2D eigenvalue weighted by molar-refractivity contribution is 7.11. The lowest BCUT2D eigenvalue weighted by Gasteiger charge is -2.40. The molecule has 0 spiro atoms. The van der Waals surface area contributed by atoms with Gasteiger partial charge in [0.25, 0.3) is 0 Å². The minimum atomic E-state index is -4.76. The molecule has 0 amide bonds. The number of ether oxygens (including phenoxy) is 1. The smallest absolute Gasteiger partial charge is 0.394 e. The van der Waals surface area contributed by atoms with E-state index in [0.717, 1.165) is 11.3 Å². The highest BCUT2D eigenvalue weighted by Crippen LogP contribution is 2.46. The maximum Gasteiger partial charge on any atom is 0.417 e. The molecular weight excluding hydrogens is 451 g/mol. The minimum absolute atomic E-state index is 0.118. The number of allylic oxidation sites excluding steroid dienone is 2. The molecule has 1 aromatic carbocycles. The Morgan fingerprint density at radius 2 is 1.91 bits per heavy atom. The summed E-state index contributed by atoms with van der Waals surface area (Å²) in [6.07, 6.45) is -10.8. The highest BCUT2D eigenvalue weighted by atomic mass is 32.1. The third kappa shape index (κ3) is 4.07. The number of hydrogen-bond donors (Lipinski definition) is 5. The monoisotopic (exact) mass is 471 g/mol. The van der Waals surface area contributed by atoms with Gasteiger partial charge in [-0.15, -0.1) is 11.3 Å². The van der Waals surface area contributed by atoms with E-state index in [1.807, 2.05) is 0 Å². The number of Topliss-reactive ketones (excluding diaryl/α,β-unsaturated/α-hetero) is 1. The van der Waals surface area contributed by atoms with Crippen molar-refractivity contribution in [2.75, 3.05) is 11.9 Å². The van der Waals surface area contributed by atoms with E-state index in [1.54, 1.807) is 11.4 Å². The number of carbonyl (C=O) groups is 1. The van der Waals surface area contributed by atoms with Gasteiger partial charge < -0.3 is 30.5 Å². The van der Waals surface area contributed by atoms with E-state index < -0.39 is 54.8 Å². The Morgan fingerprint density at radius 3 is 2.53 bits per heavy atom. The van der Waals surface area contributed by atoms with Gasteiger partial charge in [0, 0.05) is 22.6 Å². The molecule has 4 rings (SSSR count). The Labute approximate surface area is 184 Å². The number of nitrogens with one attached hydrogen (secondary N) is 1. The van der Waals surface area contributed by atoms with Crippen LogP contribution < -0.4 is 5.32 Å². The molecule has 1 fully saturated rings. The number of hydrogen-bond acceptors (Lipinski definition) is 8. The van der Waals surface area contributed by atoms with Crippen molar-refractivity contribution in [1.29, 1.82) is 0 Å². The second-order valence-corrected chi connectivity index (χ2v) is 8.54. The summed E-state index contributed by atoms with van der Waals surface area (Å²) in [6, 6.07) is 5.74. The molecule has 5 atom stereocenters. The molecule has 5 N–H and O–H groups in total. The van der Waals surface area contributed by atoms with Gasteiger partial charge in [0.15, 0.2) is 12.1 Å².